The zero-order chi connectivity index (χ0) is 20.3. The Kier molecular flexibility index (Phi) is 5.23. The van der Waals surface area contributed by atoms with Crippen LogP contribution in [0.4, 0.5) is 5.82 Å². The standard InChI is InChI=1S/C22H25N7O/c30-21-4-3-19(17-5-8-23-9-6-17)26-29(21)16-13-27-11-14-28(15-12-27)20-7-10-24-22(25-20)18-1-2-18/h3-10,18H,1-2,11-16H2. The van der Waals surface area contributed by atoms with E-state index in [-0.39, 0.29) is 5.56 Å². The van der Waals surface area contributed by atoms with E-state index in [1.165, 1.54) is 12.8 Å². The van der Waals surface area contributed by atoms with Gasteiger partial charge in [-0.25, -0.2) is 14.6 Å². The SMILES string of the molecule is O=c1ccc(-c2ccncc2)nn1CCN1CCN(c2ccnc(C3CC3)n2)CC1. The van der Waals surface area contributed by atoms with Gasteiger partial charge in [0.05, 0.1) is 12.2 Å². The number of pyridine rings is 1. The fraction of sp³-hybridized carbons (Fsp3) is 0.409. The second kappa shape index (κ2) is 8.31. The van der Waals surface area contributed by atoms with Crippen molar-refractivity contribution in [2.24, 2.45) is 0 Å². The Labute approximate surface area is 175 Å². The smallest absolute Gasteiger partial charge is 0.266 e. The van der Waals surface area contributed by atoms with Crippen LogP contribution in [0.25, 0.3) is 11.3 Å². The third kappa shape index (κ3) is 4.23. The molecule has 1 aliphatic carbocycles. The maximum absolute atomic E-state index is 12.3. The predicted octanol–water partition coefficient (Wildman–Crippen LogP) is 1.79. The maximum atomic E-state index is 12.3. The summed E-state index contributed by atoms with van der Waals surface area (Å²) in [5.74, 6) is 2.60. The van der Waals surface area contributed by atoms with Crippen molar-refractivity contribution in [1.82, 2.24) is 29.6 Å². The molecule has 3 aromatic rings. The van der Waals surface area contributed by atoms with Gasteiger partial charge in [0, 0.05) is 68.9 Å². The lowest BCUT2D eigenvalue weighted by atomic mass is 10.2. The number of nitrogens with zero attached hydrogens (tertiary/aromatic N) is 7. The molecule has 0 spiro atoms. The van der Waals surface area contributed by atoms with Gasteiger partial charge in [-0.3, -0.25) is 14.7 Å². The van der Waals surface area contributed by atoms with Gasteiger partial charge in [-0.15, -0.1) is 0 Å². The fourth-order valence-electron chi connectivity index (χ4n) is 3.80. The molecule has 0 radical (unpaired) electrons. The first-order valence-electron chi connectivity index (χ1n) is 10.5. The van der Waals surface area contributed by atoms with Crippen LogP contribution in [0.5, 0.6) is 0 Å². The summed E-state index contributed by atoms with van der Waals surface area (Å²) < 4.78 is 1.56. The molecule has 2 aliphatic rings. The lowest BCUT2D eigenvalue weighted by Gasteiger charge is -2.35. The Bertz CT molecular complexity index is 1060. The molecule has 0 bridgehead atoms. The summed E-state index contributed by atoms with van der Waals surface area (Å²) in [5.41, 5.74) is 1.68. The van der Waals surface area contributed by atoms with Gasteiger partial charge < -0.3 is 4.90 Å². The van der Waals surface area contributed by atoms with Crippen LogP contribution in [0.15, 0.2) is 53.7 Å². The molecule has 5 rings (SSSR count). The van der Waals surface area contributed by atoms with Gasteiger partial charge in [-0.2, -0.15) is 5.10 Å². The van der Waals surface area contributed by atoms with Gasteiger partial charge in [-0.05, 0) is 37.1 Å². The largest absolute Gasteiger partial charge is 0.354 e. The Morgan fingerprint density at radius 3 is 2.47 bits per heavy atom. The molecule has 3 aromatic heterocycles. The number of anilines is 1. The molecule has 0 atom stereocenters. The molecule has 154 valence electrons. The minimum Gasteiger partial charge on any atom is -0.354 e. The zero-order valence-electron chi connectivity index (χ0n) is 16.9. The Morgan fingerprint density at radius 1 is 0.900 bits per heavy atom. The molecule has 8 heteroatoms. The van der Waals surface area contributed by atoms with Crippen molar-refractivity contribution in [3.63, 3.8) is 0 Å². The summed E-state index contributed by atoms with van der Waals surface area (Å²) in [4.78, 5) is 30.2. The molecule has 1 saturated heterocycles. The Balaban J connectivity index is 1.18. The molecular weight excluding hydrogens is 378 g/mol. The van der Waals surface area contributed by atoms with E-state index in [4.69, 9.17) is 4.98 Å². The van der Waals surface area contributed by atoms with Crippen LogP contribution in [-0.4, -0.2) is 62.4 Å². The second-order valence-electron chi connectivity index (χ2n) is 7.89. The van der Waals surface area contributed by atoms with Crippen LogP contribution in [-0.2, 0) is 6.54 Å². The van der Waals surface area contributed by atoms with Crippen LogP contribution >= 0.6 is 0 Å². The van der Waals surface area contributed by atoms with Crippen molar-refractivity contribution in [1.29, 1.82) is 0 Å². The van der Waals surface area contributed by atoms with Crippen molar-refractivity contribution >= 4 is 5.82 Å². The average molecular weight is 403 g/mol. The van der Waals surface area contributed by atoms with Crippen LogP contribution in [0.1, 0.15) is 24.6 Å². The number of hydrogen-bond donors (Lipinski definition) is 0. The van der Waals surface area contributed by atoms with Crippen molar-refractivity contribution < 1.29 is 0 Å². The van der Waals surface area contributed by atoms with E-state index in [1.807, 2.05) is 24.4 Å². The Hall–Kier alpha value is -3.13. The minimum atomic E-state index is -0.0694. The monoisotopic (exact) mass is 403 g/mol. The van der Waals surface area contributed by atoms with Crippen LogP contribution in [0, 0.1) is 0 Å². The highest BCUT2D eigenvalue weighted by atomic mass is 16.1. The van der Waals surface area contributed by atoms with E-state index >= 15 is 0 Å². The molecule has 4 heterocycles. The molecule has 8 nitrogen and oxygen atoms in total. The Morgan fingerprint density at radius 2 is 1.70 bits per heavy atom. The van der Waals surface area contributed by atoms with Crippen LogP contribution in [0.3, 0.4) is 0 Å². The van der Waals surface area contributed by atoms with Crippen LogP contribution < -0.4 is 10.5 Å². The summed E-state index contributed by atoms with van der Waals surface area (Å²) in [5, 5.41) is 4.54. The second-order valence-corrected chi connectivity index (χ2v) is 7.89. The van der Waals surface area contributed by atoms with Gasteiger partial charge in [0.2, 0.25) is 0 Å². The van der Waals surface area contributed by atoms with E-state index < -0.39 is 0 Å². The van der Waals surface area contributed by atoms with Crippen molar-refractivity contribution in [2.45, 2.75) is 25.3 Å². The maximum Gasteiger partial charge on any atom is 0.266 e. The molecule has 0 N–H and O–H groups in total. The van der Waals surface area contributed by atoms with Crippen molar-refractivity contribution in [3.8, 4) is 11.3 Å². The summed E-state index contributed by atoms with van der Waals surface area (Å²) in [6, 6.07) is 9.17. The number of aromatic nitrogens is 5. The van der Waals surface area contributed by atoms with Crippen LogP contribution in [0.2, 0.25) is 0 Å². The summed E-state index contributed by atoms with van der Waals surface area (Å²) >= 11 is 0. The third-order valence-electron chi connectivity index (χ3n) is 5.77. The van der Waals surface area contributed by atoms with Gasteiger partial charge in [0.15, 0.2) is 0 Å². The number of piperazine rings is 1. The normalized spacial score (nSPS) is 17.3. The molecule has 1 aliphatic heterocycles. The molecule has 0 amide bonds. The third-order valence-corrected chi connectivity index (χ3v) is 5.77. The highest BCUT2D eigenvalue weighted by Gasteiger charge is 2.27. The summed E-state index contributed by atoms with van der Waals surface area (Å²) in [6.07, 6.45) is 7.78. The zero-order valence-corrected chi connectivity index (χ0v) is 16.9. The molecule has 30 heavy (non-hydrogen) atoms. The van der Waals surface area contributed by atoms with Crippen molar-refractivity contribution in [2.75, 3.05) is 37.6 Å². The minimum absolute atomic E-state index is 0.0694. The predicted molar refractivity (Wildman–Crippen MR) is 114 cm³/mol. The van der Waals surface area contributed by atoms with E-state index in [2.05, 4.69) is 24.9 Å². The molecule has 2 fully saturated rings. The summed E-state index contributed by atoms with van der Waals surface area (Å²) in [6.45, 7) is 5.14. The van der Waals surface area contributed by atoms with E-state index in [0.29, 0.717) is 12.5 Å². The molecule has 0 unspecified atom stereocenters. The summed E-state index contributed by atoms with van der Waals surface area (Å²) in [7, 11) is 0. The van der Waals surface area contributed by atoms with E-state index in [0.717, 1.165) is 55.6 Å². The van der Waals surface area contributed by atoms with Crippen molar-refractivity contribution in [3.05, 3.63) is 65.1 Å². The number of rotatable bonds is 6. The highest BCUT2D eigenvalue weighted by molar-refractivity contribution is 5.57. The quantitative estimate of drug-likeness (QED) is 0.621. The number of hydrogen-bond acceptors (Lipinski definition) is 7. The van der Waals surface area contributed by atoms with Gasteiger partial charge in [-0.1, -0.05) is 0 Å². The fourth-order valence-corrected chi connectivity index (χ4v) is 3.80. The molecule has 1 saturated carbocycles. The molecule has 0 aromatic carbocycles. The lowest BCUT2D eigenvalue weighted by Crippen LogP contribution is -2.48. The topological polar surface area (TPSA) is 80.0 Å². The highest BCUT2D eigenvalue weighted by Crippen LogP contribution is 2.38. The average Bonchev–Trinajstić information content (AvgIpc) is 3.65. The van der Waals surface area contributed by atoms with Gasteiger partial charge in [0.25, 0.3) is 5.56 Å². The van der Waals surface area contributed by atoms with Gasteiger partial charge >= 0.3 is 0 Å². The van der Waals surface area contributed by atoms with E-state index in [9.17, 15) is 4.79 Å². The first-order valence-corrected chi connectivity index (χ1v) is 10.5. The first kappa shape index (κ1) is 18.9. The van der Waals surface area contributed by atoms with Gasteiger partial charge in [0.1, 0.15) is 11.6 Å². The van der Waals surface area contributed by atoms with E-state index in [1.54, 1.807) is 29.2 Å². The lowest BCUT2D eigenvalue weighted by molar-refractivity contribution is 0.242. The first-order chi connectivity index (χ1) is 14.8. The molecular formula is C22H25N7O.